The van der Waals surface area contributed by atoms with Gasteiger partial charge in [0.15, 0.2) is 0 Å². The van der Waals surface area contributed by atoms with Crippen molar-refractivity contribution in [1.29, 1.82) is 5.26 Å². The molecule has 0 saturated carbocycles. The van der Waals surface area contributed by atoms with E-state index in [1.807, 2.05) is 0 Å². The third kappa shape index (κ3) is 2.66. The molecule has 0 saturated heterocycles. The molecule has 0 aliphatic heterocycles. The van der Waals surface area contributed by atoms with Crippen molar-refractivity contribution in [2.45, 2.75) is 11.8 Å². The molecule has 8 heteroatoms. The van der Waals surface area contributed by atoms with Gasteiger partial charge in [0.05, 0.1) is 11.3 Å². The molecule has 2 rings (SSSR count). The molecule has 3 N–H and O–H groups in total. The number of benzene rings is 1. The molecule has 0 radical (unpaired) electrons. The molecule has 0 aliphatic rings. The molecule has 2 aromatic rings. The Hall–Kier alpha value is -2.53. The summed E-state index contributed by atoms with van der Waals surface area (Å²) in [5, 5.41) is 12.5. The second-order valence-electron chi connectivity index (χ2n) is 3.81. The van der Waals surface area contributed by atoms with Crippen molar-refractivity contribution in [2.24, 2.45) is 0 Å². The zero-order valence-electron chi connectivity index (χ0n) is 9.91. The van der Waals surface area contributed by atoms with Crippen LogP contribution >= 0.6 is 0 Å². The molecular formula is C11H10N4O3S. The molecular weight excluding hydrogens is 268 g/mol. The second-order valence-corrected chi connectivity index (χ2v) is 5.46. The Morgan fingerprint density at radius 3 is 2.74 bits per heavy atom. The smallest absolute Gasteiger partial charge is 0.265 e. The Balaban J connectivity index is 2.43. The summed E-state index contributed by atoms with van der Waals surface area (Å²) < 4.78 is 31.2. The highest BCUT2D eigenvalue weighted by atomic mass is 32.2. The predicted octanol–water partition coefficient (Wildman–Crippen LogP) is 1.24. The number of nitriles is 1. The molecule has 0 atom stereocenters. The molecule has 98 valence electrons. The van der Waals surface area contributed by atoms with Crippen molar-refractivity contribution in [2.75, 3.05) is 10.5 Å². The summed E-state index contributed by atoms with van der Waals surface area (Å²) in [4.78, 5) is -0.168. The summed E-state index contributed by atoms with van der Waals surface area (Å²) in [7, 11) is -3.92. The first-order chi connectivity index (χ1) is 8.92. The summed E-state index contributed by atoms with van der Waals surface area (Å²) in [6.07, 6.45) is 0. The fraction of sp³-hybridized carbons (Fsp3) is 0.0909. The van der Waals surface area contributed by atoms with Crippen LogP contribution in [0, 0.1) is 18.3 Å². The molecule has 0 aliphatic carbocycles. The Bertz CT molecular complexity index is 758. The maximum atomic E-state index is 12.1. The lowest BCUT2D eigenvalue weighted by Gasteiger charge is -2.06. The maximum absolute atomic E-state index is 12.1. The van der Waals surface area contributed by atoms with Crippen LogP contribution in [0.4, 0.5) is 11.6 Å². The van der Waals surface area contributed by atoms with Gasteiger partial charge in [-0.1, -0.05) is 5.16 Å². The highest BCUT2D eigenvalue weighted by molar-refractivity contribution is 7.92. The number of hydrogen-bond donors (Lipinski definition) is 2. The monoisotopic (exact) mass is 278 g/mol. The number of aromatic nitrogens is 1. The van der Waals surface area contributed by atoms with E-state index in [9.17, 15) is 8.42 Å². The van der Waals surface area contributed by atoms with Crippen LogP contribution in [0.15, 0.2) is 33.7 Å². The molecule has 1 aromatic heterocycles. The lowest BCUT2D eigenvalue weighted by atomic mass is 10.2. The summed E-state index contributed by atoms with van der Waals surface area (Å²) in [6, 6.07) is 7.18. The number of hydrogen-bond acceptors (Lipinski definition) is 6. The first kappa shape index (κ1) is 12.9. The van der Waals surface area contributed by atoms with Gasteiger partial charge in [0.2, 0.25) is 5.88 Å². The number of nitrogen functional groups attached to an aromatic ring is 1. The van der Waals surface area contributed by atoms with E-state index in [1.54, 1.807) is 13.0 Å². The summed E-state index contributed by atoms with van der Waals surface area (Å²) in [6.45, 7) is 1.66. The Morgan fingerprint density at radius 1 is 1.42 bits per heavy atom. The molecule has 0 bridgehead atoms. The molecule has 1 heterocycles. The van der Waals surface area contributed by atoms with Gasteiger partial charge in [-0.25, -0.2) is 13.1 Å². The molecule has 0 fully saturated rings. The van der Waals surface area contributed by atoms with E-state index in [0.29, 0.717) is 11.4 Å². The van der Waals surface area contributed by atoms with Crippen LogP contribution in [0.5, 0.6) is 0 Å². The van der Waals surface area contributed by atoms with E-state index >= 15 is 0 Å². The van der Waals surface area contributed by atoms with Gasteiger partial charge in [0.25, 0.3) is 10.0 Å². The van der Waals surface area contributed by atoms with Crippen molar-refractivity contribution in [1.82, 2.24) is 5.16 Å². The van der Waals surface area contributed by atoms with E-state index in [-0.39, 0.29) is 16.3 Å². The normalized spacial score (nSPS) is 10.9. The predicted molar refractivity (Wildman–Crippen MR) is 67.6 cm³/mol. The summed E-state index contributed by atoms with van der Waals surface area (Å²) >= 11 is 0. The fourth-order valence-corrected chi connectivity index (χ4v) is 2.58. The molecule has 19 heavy (non-hydrogen) atoms. The van der Waals surface area contributed by atoms with Crippen molar-refractivity contribution in [3.8, 4) is 6.07 Å². The van der Waals surface area contributed by atoms with E-state index in [0.717, 1.165) is 0 Å². The van der Waals surface area contributed by atoms with Crippen LogP contribution in [-0.4, -0.2) is 13.6 Å². The van der Waals surface area contributed by atoms with Gasteiger partial charge in [-0.3, -0.25) is 0 Å². The minimum Gasteiger partial charge on any atom is -0.399 e. The van der Waals surface area contributed by atoms with Crippen LogP contribution < -0.4 is 10.5 Å². The molecule has 0 spiro atoms. The number of nitrogens with two attached hydrogens (primary N) is 1. The van der Waals surface area contributed by atoms with Crippen LogP contribution in [-0.2, 0) is 10.0 Å². The lowest BCUT2D eigenvalue weighted by molar-refractivity contribution is 0.430. The second kappa shape index (κ2) is 4.62. The van der Waals surface area contributed by atoms with Crippen LogP contribution in [0.25, 0.3) is 0 Å². The van der Waals surface area contributed by atoms with Crippen molar-refractivity contribution in [3.63, 3.8) is 0 Å². The van der Waals surface area contributed by atoms with Gasteiger partial charge in [-0.05, 0) is 25.1 Å². The first-order valence-corrected chi connectivity index (χ1v) is 6.66. The van der Waals surface area contributed by atoms with Gasteiger partial charge in [-0.2, -0.15) is 5.26 Å². The topological polar surface area (TPSA) is 122 Å². The lowest BCUT2D eigenvalue weighted by Crippen LogP contribution is -2.14. The Labute approximate surface area is 109 Å². The van der Waals surface area contributed by atoms with Gasteiger partial charge in [-0.15, -0.1) is 0 Å². The quantitative estimate of drug-likeness (QED) is 0.814. The largest absolute Gasteiger partial charge is 0.399 e. The minimum atomic E-state index is -3.92. The number of aryl methyl sites for hydroxylation is 1. The Morgan fingerprint density at radius 2 is 2.16 bits per heavy atom. The van der Waals surface area contributed by atoms with Crippen molar-refractivity contribution < 1.29 is 12.9 Å². The molecule has 1 aromatic carbocycles. The number of rotatable bonds is 3. The minimum absolute atomic E-state index is 0.0155. The number of nitrogens with one attached hydrogen (secondary N) is 1. The number of anilines is 2. The highest BCUT2D eigenvalue weighted by Crippen LogP contribution is 2.21. The molecule has 0 amide bonds. The average molecular weight is 278 g/mol. The zero-order valence-corrected chi connectivity index (χ0v) is 10.7. The van der Waals surface area contributed by atoms with E-state index < -0.39 is 10.0 Å². The highest BCUT2D eigenvalue weighted by Gasteiger charge is 2.20. The maximum Gasteiger partial charge on any atom is 0.265 e. The van der Waals surface area contributed by atoms with E-state index in [4.69, 9.17) is 15.5 Å². The summed E-state index contributed by atoms with van der Waals surface area (Å²) in [5.74, 6) is -0.0155. The zero-order chi connectivity index (χ0) is 14.0. The summed E-state index contributed by atoms with van der Waals surface area (Å²) in [5.41, 5.74) is 6.32. The third-order valence-corrected chi connectivity index (χ3v) is 3.68. The first-order valence-electron chi connectivity index (χ1n) is 5.18. The number of nitrogens with zero attached hydrogens (tertiary/aromatic N) is 2. The van der Waals surface area contributed by atoms with Gasteiger partial charge in [0.1, 0.15) is 11.0 Å². The van der Waals surface area contributed by atoms with Crippen LogP contribution in [0.1, 0.15) is 11.3 Å². The molecule has 0 unspecified atom stereocenters. The number of sulfonamides is 1. The average Bonchev–Trinajstić information content (AvgIpc) is 2.73. The third-order valence-electron chi connectivity index (χ3n) is 2.28. The Kier molecular flexibility index (Phi) is 3.14. The van der Waals surface area contributed by atoms with Crippen molar-refractivity contribution >= 4 is 21.6 Å². The van der Waals surface area contributed by atoms with Gasteiger partial charge < -0.3 is 10.3 Å². The van der Waals surface area contributed by atoms with Crippen LogP contribution in [0.2, 0.25) is 0 Å². The van der Waals surface area contributed by atoms with E-state index in [2.05, 4.69) is 9.88 Å². The van der Waals surface area contributed by atoms with E-state index in [1.165, 1.54) is 24.3 Å². The van der Waals surface area contributed by atoms with Crippen molar-refractivity contribution in [3.05, 3.63) is 35.5 Å². The van der Waals surface area contributed by atoms with Gasteiger partial charge >= 0.3 is 0 Å². The van der Waals surface area contributed by atoms with Gasteiger partial charge in [0, 0.05) is 11.8 Å². The standard InChI is InChI=1S/C11H10N4O3S/c1-7-4-11(18-14-7)15-19(16,17)10-3-2-9(13)5-8(10)6-12/h2-5,15H,13H2,1H3. The molecule has 7 nitrogen and oxygen atoms in total. The van der Waals surface area contributed by atoms with Crippen LogP contribution in [0.3, 0.4) is 0 Å². The SMILES string of the molecule is Cc1cc(NS(=O)(=O)c2ccc(N)cc2C#N)on1. The fourth-order valence-electron chi connectivity index (χ4n) is 1.47.